The van der Waals surface area contributed by atoms with Crippen LogP contribution in [0.25, 0.3) is 5.69 Å². The summed E-state index contributed by atoms with van der Waals surface area (Å²) < 4.78 is 14.6. The maximum absolute atomic E-state index is 13.2. The van der Waals surface area contributed by atoms with Gasteiger partial charge in [-0.1, -0.05) is 13.3 Å². The highest BCUT2D eigenvalue weighted by atomic mass is 19.1. The highest BCUT2D eigenvalue weighted by molar-refractivity contribution is 5.99. The van der Waals surface area contributed by atoms with Gasteiger partial charge in [-0.15, -0.1) is 0 Å². The number of aliphatic imine (C=N–C) groups is 1. The third-order valence-electron chi connectivity index (χ3n) is 4.20. The fraction of sp³-hybridized carbons (Fsp3) is 0.316. The molecule has 3 rings (SSSR count). The van der Waals surface area contributed by atoms with Gasteiger partial charge in [-0.25, -0.2) is 14.1 Å². The average molecular weight is 355 g/mol. The summed E-state index contributed by atoms with van der Waals surface area (Å²) in [6.07, 6.45) is 5.78. The summed E-state index contributed by atoms with van der Waals surface area (Å²) in [4.78, 5) is 24.5. The Labute approximate surface area is 150 Å². The lowest BCUT2D eigenvalue weighted by Gasteiger charge is -2.01. The van der Waals surface area contributed by atoms with Gasteiger partial charge in [0.2, 0.25) is 0 Å². The smallest absolute Gasteiger partial charge is 0.280 e. The molecular weight excluding hydrogens is 333 g/mol. The SMILES string of the molecule is CCCc1[nH]n(-c2ccc(F)cc2)c(=O)c1C(C)=NCCc1cnc[nH]1. The van der Waals surface area contributed by atoms with E-state index in [1.807, 2.05) is 6.92 Å². The normalized spacial score (nSPS) is 11.9. The van der Waals surface area contributed by atoms with Crippen LogP contribution in [0.5, 0.6) is 0 Å². The molecule has 0 fully saturated rings. The molecule has 0 radical (unpaired) electrons. The second-order valence-electron chi connectivity index (χ2n) is 6.13. The van der Waals surface area contributed by atoms with Crippen LogP contribution in [-0.4, -0.2) is 32.0 Å². The largest absolute Gasteiger partial charge is 0.348 e. The standard InChI is InChI=1S/C19H22FN5O/c1-3-4-17-18(13(2)22-10-9-15-11-21-12-23-15)19(26)25(24-17)16-7-5-14(20)6-8-16/h5-8,11-12,24H,3-4,9-10H2,1-2H3,(H,21,23). The van der Waals surface area contributed by atoms with E-state index in [1.165, 1.54) is 16.8 Å². The number of nitrogens with zero attached hydrogens (tertiary/aromatic N) is 3. The third-order valence-corrected chi connectivity index (χ3v) is 4.20. The lowest BCUT2D eigenvalue weighted by atomic mass is 10.1. The number of aryl methyl sites for hydroxylation is 1. The summed E-state index contributed by atoms with van der Waals surface area (Å²) >= 11 is 0. The molecule has 0 bridgehead atoms. The zero-order valence-electron chi connectivity index (χ0n) is 14.9. The summed E-state index contributed by atoms with van der Waals surface area (Å²) in [7, 11) is 0. The van der Waals surface area contributed by atoms with Crippen molar-refractivity contribution in [1.29, 1.82) is 0 Å². The Balaban J connectivity index is 1.91. The van der Waals surface area contributed by atoms with E-state index >= 15 is 0 Å². The van der Waals surface area contributed by atoms with Crippen LogP contribution in [0.3, 0.4) is 0 Å². The number of rotatable bonds is 7. The minimum absolute atomic E-state index is 0.164. The van der Waals surface area contributed by atoms with Gasteiger partial charge >= 0.3 is 0 Å². The van der Waals surface area contributed by atoms with Crippen LogP contribution < -0.4 is 5.56 Å². The molecule has 0 aliphatic heterocycles. The fourth-order valence-electron chi connectivity index (χ4n) is 2.90. The first-order chi connectivity index (χ1) is 12.6. The first kappa shape index (κ1) is 17.8. The van der Waals surface area contributed by atoms with Crippen molar-refractivity contribution >= 4 is 5.71 Å². The Morgan fingerprint density at radius 1 is 1.27 bits per heavy atom. The number of hydrogen-bond acceptors (Lipinski definition) is 3. The molecule has 0 atom stereocenters. The van der Waals surface area contributed by atoms with Crippen LogP contribution in [-0.2, 0) is 12.8 Å². The van der Waals surface area contributed by atoms with Gasteiger partial charge in [0.15, 0.2) is 0 Å². The van der Waals surface area contributed by atoms with Gasteiger partial charge < -0.3 is 4.98 Å². The van der Waals surface area contributed by atoms with Crippen LogP contribution >= 0.6 is 0 Å². The van der Waals surface area contributed by atoms with Crippen molar-refractivity contribution in [3.8, 4) is 5.69 Å². The number of nitrogens with one attached hydrogen (secondary N) is 2. The molecule has 136 valence electrons. The summed E-state index contributed by atoms with van der Waals surface area (Å²) in [5, 5.41) is 3.16. The molecule has 0 saturated heterocycles. The maximum Gasteiger partial charge on any atom is 0.280 e. The van der Waals surface area contributed by atoms with Crippen molar-refractivity contribution in [1.82, 2.24) is 19.7 Å². The summed E-state index contributed by atoms with van der Waals surface area (Å²) in [5.41, 5.74) is 3.60. The Morgan fingerprint density at radius 3 is 2.69 bits per heavy atom. The Morgan fingerprint density at radius 2 is 2.04 bits per heavy atom. The van der Waals surface area contributed by atoms with Gasteiger partial charge in [0.05, 0.1) is 17.6 Å². The minimum Gasteiger partial charge on any atom is -0.348 e. The highest BCUT2D eigenvalue weighted by Crippen LogP contribution is 2.12. The van der Waals surface area contributed by atoms with E-state index in [2.05, 4.69) is 27.0 Å². The topological polar surface area (TPSA) is 78.8 Å². The fourth-order valence-corrected chi connectivity index (χ4v) is 2.90. The van der Waals surface area contributed by atoms with Gasteiger partial charge in [-0.3, -0.25) is 14.9 Å². The molecule has 0 spiro atoms. The van der Waals surface area contributed by atoms with Crippen molar-refractivity contribution in [2.75, 3.05) is 6.54 Å². The van der Waals surface area contributed by atoms with Gasteiger partial charge in [0.1, 0.15) is 5.82 Å². The van der Waals surface area contributed by atoms with Crippen molar-refractivity contribution < 1.29 is 4.39 Å². The summed E-state index contributed by atoms with van der Waals surface area (Å²) in [6.45, 7) is 4.48. The minimum atomic E-state index is -0.334. The molecule has 2 heterocycles. The number of benzene rings is 1. The zero-order valence-corrected chi connectivity index (χ0v) is 14.9. The van der Waals surface area contributed by atoms with E-state index in [-0.39, 0.29) is 11.4 Å². The zero-order chi connectivity index (χ0) is 18.5. The molecule has 1 aromatic carbocycles. The molecule has 3 aromatic rings. The number of hydrogen-bond donors (Lipinski definition) is 2. The lowest BCUT2D eigenvalue weighted by Crippen LogP contribution is -2.20. The quantitative estimate of drug-likeness (QED) is 0.639. The van der Waals surface area contributed by atoms with Gasteiger partial charge in [-0.05, 0) is 37.6 Å². The molecule has 0 amide bonds. The summed E-state index contributed by atoms with van der Waals surface area (Å²) in [5.74, 6) is -0.334. The van der Waals surface area contributed by atoms with Crippen molar-refractivity contribution in [2.24, 2.45) is 4.99 Å². The lowest BCUT2D eigenvalue weighted by molar-refractivity contribution is 0.626. The molecule has 6 nitrogen and oxygen atoms in total. The summed E-state index contributed by atoms with van der Waals surface area (Å²) in [6, 6.07) is 5.84. The third kappa shape index (κ3) is 3.82. The molecule has 2 N–H and O–H groups in total. The van der Waals surface area contributed by atoms with Crippen molar-refractivity contribution in [3.63, 3.8) is 0 Å². The van der Waals surface area contributed by atoms with E-state index in [9.17, 15) is 9.18 Å². The molecule has 0 aliphatic carbocycles. The van der Waals surface area contributed by atoms with Crippen LogP contribution in [0.15, 0.2) is 46.6 Å². The van der Waals surface area contributed by atoms with Gasteiger partial charge in [0, 0.05) is 36.3 Å². The van der Waals surface area contributed by atoms with Gasteiger partial charge in [-0.2, -0.15) is 0 Å². The maximum atomic E-state index is 13.2. The van der Waals surface area contributed by atoms with E-state index in [1.54, 1.807) is 24.7 Å². The molecule has 0 aliphatic rings. The molecule has 7 heteroatoms. The van der Waals surface area contributed by atoms with Crippen LogP contribution in [0.1, 0.15) is 37.2 Å². The molecular formula is C19H22FN5O. The number of imidazole rings is 1. The first-order valence-electron chi connectivity index (χ1n) is 8.68. The Hall–Kier alpha value is -2.96. The second kappa shape index (κ2) is 7.95. The van der Waals surface area contributed by atoms with E-state index in [4.69, 9.17) is 0 Å². The molecule has 2 aromatic heterocycles. The van der Waals surface area contributed by atoms with E-state index in [0.29, 0.717) is 23.5 Å². The van der Waals surface area contributed by atoms with E-state index < -0.39 is 0 Å². The van der Waals surface area contributed by atoms with Crippen LogP contribution in [0.4, 0.5) is 4.39 Å². The number of H-pyrrole nitrogens is 2. The monoisotopic (exact) mass is 355 g/mol. The molecule has 0 unspecified atom stereocenters. The number of aromatic nitrogens is 4. The van der Waals surface area contributed by atoms with E-state index in [0.717, 1.165) is 30.7 Å². The van der Waals surface area contributed by atoms with Crippen molar-refractivity contribution in [2.45, 2.75) is 33.1 Å². The first-order valence-corrected chi connectivity index (χ1v) is 8.68. The van der Waals surface area contributed by atoms with Crippen LogP contribution in [0.2, 0.25) is 0 Å². The number of halogens is 1. The second-order valence-corrected chi connectivity index (χ2v) is 6.13. The molecule has 26 heavy (non-hydrogen) atoms. The van der Waals surface area contributed by atoms with Crippen molar-refractivity contribution in [3.05, 3.63) is 69.9 Å². The Kier molecular flexibility index (Phi) is 5.46. The number of aromatic amines is 2. The predicted octanol–water partition coefficient (Wildman–Crippen LogP) is 3.03. The molecule has 0 saturated carbocycles. The average Bonchev–Trinajstić information content (AvgIpc) is 3.24. The highest BCUT2D eigenvalue weighted by Gasteiger charge is 2.17. The predicted molar refractivity (Wildman–Crippen MR) is 99.7 cm³/mol. The van der Waals surface area contributed by atoms with Gasteiger partial charge in [0.25, 0.3) is 5.56 Å². The van der Waals surface area contributed by atoms with Crippen LogP contribution in [0, 0.1) is 5.82 Å². The Bertz CT molecular complexity index is 935.